The van der Waals surface area contributed by atoms with E-state index in [1.165, 1.54) is 25.4 Å². The number of aromatic nitrogens is 1. The molecule has 1 heterocycles. The molecule has 0 aliphatic rings. The highest BCUT2D eigenvalue weighted by Crippen LogP contribution is 2.31. The zero-order chi connectivity index (χ0) is 23.5. The Kier molecular flexibility index (Phi) is 6.68. The molecule has 0 amide bonds. The number of nitrogens with zero attached hydrogens (tertiary/aromatic N) is 1. The Balaban J connectivity index is 2.07. The minimum atomic E-state index is -4.96. The highest BCUT2D eigenvalue weighted by atomic mass is 32.2. The van der Waals surface area contributed by atoms with Crippen molar-refractivity contribution in [2.45, 2.75) is 31.0 Å². The maximum Gasteiger partial charge on any atom is 0.573 e. The molecule has 0 radical (unpaired) electrons. The Morgan fingerprint density at radius 3 is 2.50 bits per heavy atom. The molecule has 0 aliphatic heterocycles. The van der Waals surface area contributed by atoms with Gasteiger partial charge in [-0.05, 0) is 49.2 Å². The molecular formula is C21H20F3NO6S. The lowest BCUT2D eigenvalue weighted by Gasteiger charge is -2.11. The van der Waals surface area contributed by atoms with Crippen LogP contribution in [-0.2, 0) is 26.0 Å². The number of alkyl halides is 3. The van der Waals surface area contributed by atoms with E-state index in [1.807, 2.05) is 0 Å². The summed E-state index contributed by atoms with van der Waals surface area (Å²) in [5.41, 5.74) is 0.824. The lowest BCUT2D eigenvalue weighted by atomic mass is 10.1. The average Bonchev–Trinajstić information content (AvgIpc) is 3.10. The quantitative estimate of drug-likeness (QED) is 0.456. The maximum absolute atomic E-state index is 13.3. The summed E-state index contributed by atoms with van der Waals surface area (Å²) < 4.78 is 79.2. The van der Waals surface area contributed by atoms with Crippen LogP contribution in [0.3, 0.4) is 0 Å². The van der Waals surface area contributed by atoms with Gasteiger partial charge in [0.25, 0.3) is 10.0 Å². The molecule has 3 aromatic rings. The number of benzene rings is 2. The fourth-order valence-electron chi connectivity index (χ4n) is 3.19. The van der Waals surface area contributed by atoms with E-state index in [2.05, 4.69) is 4.74 Å². The Hall–Kier alpha value is -3.21. The molecule has 0 unspecified atom stereocenters. The molecule has 0 atom stereocenters. The van der Waals surface area contributed by atoms with Crippen LogP contribution in [-0.4, -0.2) is 38.4 Å². The van der Waals surface area contributed by atoms with E-state index in [9.17, 15) is 26.4 Å². The number of carbonyl (C=O) groups excluding carboxylic acids is 1. The van der Waals surface area contributed by atoms with Gasteiger partial charge >= 0.3 is 12.3 Å². The summed E-state index contributed by atoms with van der Waals surface area (Å²) in [6.07, 6.45) is -3.39. The number of aryl methyl sites for hydroxylation is 1. The molecule has 32 heavy (non-hydrogen) atoms. The van der Waals surface area contributed by atoms with Crippen LogP contribution in [0.1, 0.15) is 18.9 Å². The first-order valence-corrected chi connectivity index (χ1v) is 10.9. The van der Waals surface area contributed by atoms with Crippen molar-refractivity contribution in [3.8, 4) is 11.5 Å². The first-order chi connectivity index (χ1) is 15.0. The summed E-state index contributed by atoms with van der Waals surface area (Å²) in [7, 11) is -2.82. The molecule has 0 saturated carbocycles. The lowest BCUT2D eigenvalue weighted by Crippen LogP contribution is -2.18. The molecule has 7 nitrogen and oxygen atoms in total. The molecule has 0 N–H and O–H groups in total. The monoisotopic (exact) mass is 471 g/mol. The van der Waals surface area contributed by atoms with Gasteiger partial charge in [0.05, 0.1) is 24.1 Å². The molecule has 172 valence electrons. The summed E-state index contributed by atoms with van der Waals surface area (Å²) in [6.45, 7) is 1.90. The van der Waals surface area contributed by atoms with Gasteiger partial charge in [-0.25, -0.2) is 12.4 Å². The Labute approximate surface area is 182 Å². The number of hydrogen-bond donors (Lipinski definition) is 0. The molecular weight excluding hydrogens is 451 g/mol. The van der Waals surface area contributed by atoms with E-state index in [0.717, 1.165) is 22.2 Å². The van der Waals surface area contributed by atoms with Crippen LogP contribution in [0, 0.1) is 0 Å². The van der Waals surface area contributed by atoms with Gasteiger partial charge in [-0.1, -0.05) is 6.07 Å². The molecule has 0 bridgehead atoms. The van der Waals surface area contributed by atoms with Crippen LogP contribution >= 0.6 is 0 Å². The van der Waals surface area contributed by atoms with Crippen molar-refractivity contribution in [3.63, 3.8) is 0 Å². The number of rotatable bonds is 8. The number of fused-ring (bicyclic) bond motifs is 1. The SMILES string of the molecule is CCOC(=O)CCc1cn(S(=O)(=O)c2cccc(OC(F)(F)F)c2)c2ccc(OC)cc12. The van der Waals surface area contributed by atoms with Gasteiger partial charge in [0.2, 0.25) is 0 Å². The van der Waals surface area contributed by atoms with Crippen molar-refractivity contribution in [3.05, 3.63) is 54.2 Å². The van der Waals surface area contributed by atoms with Crippen LogP contribution in [0.2, 0.25) is 0 Å². The first-order valence-electron chi connectivity index (χ1n) is 9.50. The summed E-state index contributed by atoms with van der Waals surface area (Å²) in [5.74, 6) is -0.610. The predicted octanol–water partition coefficient (Wildman–Crippen LogP) is 4.28. The predicted molar refractivity (Wildman–Crippen MR) is 109 cm³/mol. The maximum atomic E-state index is 13.3. The van der Waals surface area contributed by atoms with E-state index in [1.54, 1.807) is 19.1 Å². The summed E-state index contributed by atoms with van der Waals surface area (Å²) in [6, 6.07) is 8.86. The first kappa shape index (κ1) is 23.5. The number of carbonyl (C=O) groups is 1. The molecule has 0 saturated heterocycles. The molecule has 0 aliphatic carbocycles. The van der Waals surface area contributed by atoms with E-state index < -0.39 is 28.1 Å². The normalized spacial score (nSPS) is 12.0. The molecule has 0 fully saturated rings. The fraction of sp³-hybridized carbons (Fsp3) is 0.286. The van der Waals surface area contributed by atoms with Crippen molar-refractivity contribution >= 4 is 26.9 Å². The van der Waals surface area contributed by atoms with Crippen LogP contribution in [0.5, 0.6) is 11.5 Å². The van der Waals surface area contributed by atoms with Gasteiger partial charge in [0.15, 0.2) is 0 Å². The van der Waals surface area contributed by atoms with Gasteiger partial charge in [-0.15, -0.1) is 13.2 Å². The third-order valence-electron chi connectivity index (χ3n) is 4.56. The molecule has 3 rings (SSSR count). The van der Waals surface area contributed by atoms with Crippen molar-refractivity contribution in [2.75, 3.05) is 13.7 Å². The van der Waals surface area contributed by atoms with Gasteiger partial charge < -0.3 is 14.2 Å². The van der Waals surface area contributed by atoms with Crippen molar-refractivity contribution in [1.29, 1.82) is 0 Å². The van der Waals surface area contributed by atoms with Crippen LogP contribution in [0.15, 0.2) is 53.6 Å². The minimum Gasteiger partial charge on any atom is -0.497 e. The zero-order valence-electron chi connectivity index (χ0n) is 17.2. The van der Waals surface area contributed by atoms with E-state index in [0.29, 0.717) is 16.7 Å². The number of halogens is 3. The van der Waals surface area contributed by atoms with Crippen LogP contribution in [0.4, 0.5) is 13.2 Å². The topological polar surface area (TPSA) is 83.8 Å². The zero-order valence-corrected chi connectivity index (χ0v) is 18.0. The smallest absolute Gasteiger partial charge is 0.497 e. The second-order valence-corrected chi connectivity index (χ2v) is 8.48. The second-order valence-electron chi connectivity index (χ2n) is 6.67. The second kappa shape index (κ2) is 9.11. The summed E-state index contributed by atoms with van der Waals surface area (Å²) in [5, 5.41) is 0.528. The van der Waals surface area contributed by atoms with E-state index in [4.69, 9.17) is 9.47 Å². The highest BCUT2D eigenvalue weighted by Gasteiger charge is 2.32. The molecule has 1 aromatic heterocycles. The number of hydrogen-bond acceptors (Lipinski definition) is 6. The Morgan fingerprint density at radius 2 is 1.84 bits per heavy atom. The number of methoxy groups -OCH3 is 1. The Morgan fingerprint density at radius 1 is 1.09 bits per heavy atom. The third kappa shape index (κ3) is 5.16. The van der Waals surface area contributed by atoms with Crippen molar-refractivity contribution < 1.29 is 40.6 Å². The number of ether oxygens (including phenoxy) is 3. The van der Waals surface area contributed by atoms with Gasteiger partial charge in [-0.3, -0.25) is 4.79 Å². The molecule has 2 aromatic carbocycles. The Bertz CT molecular complexity index is 1230. The average molecular weight is 471 g/mol. The molecule has 11 heteroatoms. The largest absolute Gasteiger partial charge is 0.573 e. The van der Waals surface area contributed by atoms with Gasteiger partial charge in [0, 0.05) is 24.1 Å². The third-order valence-corrected chi connectivity index (χ3v) is 6.23. The summed E-state index contributed by atoms with van der Waals surface area (Å²) in [4.78, 5) is 11.4. The van der Waals surface area contributed by atoms with E-state index in [-0.39, 0.29) is 29.9 Å². The fourth-order valence-corrected chi connectivity index (χ4v) is 4.61. The molecule has 0 spiro atoms. The standard InChI is InChI=1S/C21H20F3NO6S/c1-3-30-20(26)10-7-14-13-25(19-9-8-15(29-2)12-18(14)19)32(27,28)17-6-4-5-16(11-17)31-21(22,23)24/h4-6,8-9,11-13H,3,7,10H2,1-2H3. The van der Waals surface area contributed by atoms with Crippen LogP contribution in [0.25, 0.3) is 10.9 Å². The van der Waals surface area contributed by atoms with E-state index >= 15 is 0 Å². The van der Waals surface area contributed by atoms with Gasteiger partial charge in [0.1, 0.15) is 11.5 Å². The number of esters is 1. The van der Waals surface area contributed by atoms with Crippen molar-refractivity contribution in [1.82, 2.24) is 3.97 Å². The van der Waals surface area contributed by atoms with Crippen LogP contribution < -0.4 is 9.47 Å². The highest BCUT2D eigenvalue weighted by molar-refractivity contribution is 7.90. The minimum absolute atomic E-state index is 0.0269. The summed E-state index contributed by atoms with van der Waals surface area (Å²) >= 11 is 0. The van der Waals surface area contributed by atoms with Gasteiger partial charge in [-0.2, -0.15) is 0 Å². The van der Waals surface area contributed by atoms with Crippen molar-refractivity contribution in [2.24, 2.45) is 0 Å². The lowest BCUT2D eigenvalue weighted by molar-refractivity contribution is -0.274.